The van der Waals surface area contributed by atoms with Gasteiger partial charge in [0.25, 0.3) is 11.5 Å². The second-order valence-electron chi connectivity index (χ2n) is 3.57. The molecule has 1 atom stereocenters. The SMILES string of the molecule is O=C(NC(C(=O)O)c1cccs1)c1ccc(=O)[nH]n1. The molecule has 8 heteroatoms. The van der Waals surface area contributed by atoms with Crippen LogP contribution in [0.25, 0.3) is 0 Å². The number of carbonyl (C=O) groups excluding carboxylic acids is 1. The molecule has 3 N–H and O–H groups in total. The molecule has 2 heterocycles. The number of carbonyl (C=O) groups is 2. The standard InChI is InChI=1S/C11H9N3O4S/c15-8-4-3-6(13-14-8)10(16)12-9(11(17)18)7-2-1-5-19-7/h1-5,9H,(H,12,16)(H,14,15)(H,17,18). The van der Waals surface area contributed by atoms with Gasteiger partial charge < -0.3 is 10.4 Å². The fraction of sp³-hybridized carbons (Fsp3) is 0.0909. The molecule has 2 aromatic rings. The van der Waals surface area contributed by atoms with Gasteiger partial charge in [0.2, 0.25) is 0 Å². The van der Waals surface area contributed by atoms with E-state index in [1.54, 1.807) is 17.5 Å². The molecular formula is C11H9N3O4S. The minimum atomic E-state index is -1.17. The number of nitrogens with zero attached hydrogens (tertiary/aromatic N) is 1. The molecule has 19 heavy (non-hydrogen) atoms. The van der Waals surface area contributed by atoms with E-state index in [1.165, 1.54) is 17.4 Å². The van der Waals surface area contributed by atoms with Crippen molar-refractivity contribution in [1.82, 2.24) is 15.5 Å². The van der Waals surface area contributed by atoms with Crippen molar-refractivity contribution in [1.29, 1.82) is 0 Å². The van der Waals surface area contributed by atoms with Crippen LogP contribution < -0.4 is 10.9 Å². The van der Waals surface area contributed by atoms with Crippen molar-refractivity contribution in [2.45, 2.75) is 6.04 Å². The summed E-state index contributed by atoms with van der Waals surface area (Å²) in [6.45, 7) is 0. The molecule has 0 spiro atoms. The van der Waals surface area contributed by atoms with Crippen molar-refractivity contribution in [2.75, 3.05) is 0 Å². The molecule has 98 valence electrons. The number of rotatable bonds is 4. The molecule has 2 rings (SSSR count). The fourth-order valence-corrected chi connectivity index (χ4v) is 2.15. The number of hydrogen-bond acceptors (Lipinski definition) is 5. The summed E-state index contributed by atoms with van der Waals surface area (Å²) in [7, 11) is 0. The summed E-state index contributed by atoms with van der Waals surface area (Å²) < 4.78 is 0. The molecule has 1 amide bonds. The van der Waals surface area contributed by atoms with Gasteiger partial charge in [-0.25, -0.2) is 9.89 Å². The highest BCUT2D eigenvalue weighted by Crippen LogP contribution is 2.19. The summed E-state index contributed by atoms with van der Waals surface area (Å²) in [5.74, 6) is -1.84. The minimum absolute atomic E-state index is 0.0533. The maximum absolute atomic E-state index is 11.8. The van der Waals surface area contributed by atoms with Gasteiger partial charge in [-0.1, -0.05) is 6.07 Å². The quantitative estimate of drug-likeness (QED) is 0.749. The highest BCUT2D eigenvalue weighted by atomic mass is 32.1. The Morgan fingerprint density at radius 2 is 2.16 bits per heavy atom. The average Bonchev–Trinajstić information content (AvgIpc) is 2.89. The molecule has 0 aliphatic carbocycles. The van der Waals surface area contributed by atoms with Crippen LogP contribution in [0.5, 0.6) is 0 Å². The molecule has 0 fully saturated rings. The smallest absolute Gasteiger partial charge is 0.331 e. The largest absolute Gasteiger partial charge is 0.479 e. The average molecular weight is 279 g/mol. The molecule has 0 aliphatic heterocycles. The summed E-state index contributed by atoms with van der Waals surface area (Å²) >= 11 is 1.23. The molecule has 7 nitrogen and oxygen atoms in total. The van der Waals surface area contributed by atoms with Crippen LogP contribution in [-0.4, -0.2) is 27.2 Å². The molecule has 0 saturated heterocycles. The number of nitrogens with one attached hydrogen (secondary N) is 2. The summed E-state index contributed by atoms with van der Waals surface area (Å²) in [5.41, 5.74) is -0.494. The molecule has 0 aromatic carbocycles. The first-order valence-electron chi connectivity index (χ1n) is 5.21. The number of thiophene rings is 1. The Kier molecular flexibility index (Phi) is 3.71. The Bertz CT molecular complexity index is 630. The third-order valence-electron chi connectivity index (χ3n) is 2.26. The van der Waals surface area contributed by atoms with Crippen LogP contribution in [0.2, 0.25) is 0 Å². The van der Waals surface area contributed by atoms with Crippen molar-refractivity contribution in [3.8, 4) is 0 Å². The van der Waals surface area contributed by atoms with Crippen LogP contribution in [0.3, 0.4) is 0 Å². The molecule has 0 bridgehead atoms. The third-order valence-corrected chi connectivity index (χ3v) is 3.20. The summed E-state index contributed by atoms with van der Waals surface area (Å²) in [4.78, 5) is 34.3. The zero-order valence-electron chi connectivity index (χ0n) is 9.49. The molecule has 2 aromatic heterocycles. The van der Waals surface area contributed by atoms with Gasteiger partial charge in [-0.15, -0.1) is 11.3 Å². The van der Waals surface area contributed by atoms with Crippen LogP contribution in [0.15, 0.2) is 34.4 Å². The second kappa shape index (κ2) is 5.44. The van der Waals surface area contributed by atoms with E-state index in [-0.39, 0.29) is 5.69 Å². The number of hydrogen-bond donors (Lipinski definition) is 3. The number of carboxylic acids is 1. The van der Waals surface area contributed by atoms with Gasteiger partial charge in [-0.05, 0) is 17.5 Å². The Labute approximate surface area is 110 Å². The first-order chi connectivity index (χ1) is 9.08. The van der Waals surface area contributed by atoms with E-state index < -0.39 is 23.5 Å². The topological polar surface area (TPSA) is 112 Å². The maximum atomic E-state index is 11.8. The number of carboxylic acid groups (broad SMARTS) is 1. The third kappa shape index (κ3) is 3.05. The van der Waals surface area contributed by atoms with Crippen molar-refractivity contribution >= 4 is 23.2 Å². The van der Waals surface area contributed by atoms with E-state index in [0.29, 0.717) is 4.88 Å². The zero-order valence-corrected chi connectivity index (χ0v) is 10.3. The fourth-order valence-electron chi connectivity index (χ4n) is 1.39. The molecule has 0 aliphatic rings. The van der Waals surface area contributed by atoms with Gasteiger partial charge in [0.15, 0.2) is 6.04 Å². The van der Waals surface area contributed by atoms with Crippen LogP contribution in [0.1, 0.15) is 21.4 Å². The Morgan fingerprint density at radius 1 is 1.37 bits per heavy atom. The van der Waals surface area contributed by atoms with Crippen LogP contribution in [-0.2, 0) is 4.79 Å². The Morgan fingerprint density at radius 3 is 2.68 bits per heavy atom. The lowest BCUT2D eigenvalue weighted by molar-refractivity contribution is -0.139. The lowest BCUT2D eigenvalue weighted by Gasteiger charge is -2.12. The van der Waals surface area contributed by atoms with Gasteiger partial charge in [-0.3, -0.25) is 9.59 Å². The Balaban J connectivity index is 2.18. The van der Waals surface area contributed by atoms with Gasteiger partial charge in [0.05, 0.1) is 0 Å². The number of aromatic amines is 1. The van der Waals surface area contributed by atoms with Gasteiger partial charge in [-0.2, -0.15) is 5.10 Å². The normalized spacial score (nSPS) is 11.8. The van der Waals surface area contributed by atoms with Crippen LogP contribution in [0, 0.1) is 0 Å². The van der Waals surface area contributed by atoms with E-state index in [1.807, 2.05) is 0 Å². The number of H-pyrrole nitrogens is 1. The summed E-state index contributed by atoms with van der Waals surface area (Å²) in [6, 6.07) is 4.54. The van der Waals surface area contributed by atoms with Crippen LogP contribution in [0.4, 0.5) is 0 Å². The van der Waals surface area contributed by atoms with E-state index in [2.05, 4.69) is 15.5 Å². The van der Waals surface area contributed by atoms with E-state index in [0.717, 1.165) is 6.07 Å². The molecule has 1 unspecified atom stereocenters. The number of aliphatic carboxylic acids is 1. The number of aromatic nitrogens is 2. The summed E-state index contributed by atoms with van der Waals surface area (Å²) in [5, 5.41) is 18.8. The predicted molar refractivity (Wildman–Crippen MR) is 67.0 cm³/mol. The van der Waals surface area contributed by atoms with E-state index in [9.17, 15) is 14.4 Å². The van der Waals surface area contributed by atoms with Gasteiger partial charge in [0, 0.05) is 10.9 Å². The molecular weight excluding hydrogens is 270 g/mol. The second-order valence-corrected chi connectivity index (χ2v) is 4.55. The lowest BCUT2D eigenvalue weighted by Crippen LogP contribution is -2.34. The van der Waals surface area contributed by atoms with E-state index >= 15 is 0 Å². The molecule has 0 radical (unpaired) electrons. The van der Waals surface area contributed by atoms with Crippen molar-refractivity contribution in [3.63, 3.8) is 0 Å². The Hall–Kier alpha value is -2.48. The highest BCUT2D eigenvalue weighted by Gasteiger charge is 2.24. The van der Waals surface area contributed by atoms with Gasteiger partial charge >= 0.3 is 5.97 Å². The van der Waals surface area contributed by atoms with Crippen LogP contribution >= 0.6 is 11.3 Å². The lowest BCUT2D eigenvalue weighted by atomic mass is 10.2. The summed E-state index contributed by atoms with van der Waals surface area (Å²) in [6.07, 6.45) is 0. The van der Waals surface area contributed by atoms with E-state index in [4.69, 9.17) is 5.11 Å². The van der Waals surface area contributed by atoms with Crippen molar-refractivity contribution < 1.29 is 14.7 Å². The number of amides is 1. The molecule has 0 saturated carbocycles. The maximum Gasteiger partial charge on any atom is 0.331 e. The van der Waals surface area contributed by atoms with Crippen molar-refractivity contribution in [2.24, 2.45) is 0 Å². The minimum Gasteiger partial charge on any atom is -0.479 e. The monoisotopic (exact) mass is 279 g/mol. The van der Waals surface area contributed by atoms with Crippen molar-refractivity contribution in [3.05, 3.63) is 50.6 Å². The highest BCUT2D eigenvalue weighted by molar-refractivity contribution is 7.10. The zero-order chi connectivity index (χ0) is 13.8. The first-order valence-corrected chi connectivity index (χ1v) is 6.08. The van der Waals surface area contributed by atoms with Gasteiger partial charge in [0.1, 0.15) is 5.69 Å². The first kappa shape index (κ1) is 13.0. The predicted octanol–water partition coefficient (Wildman–Crippen LogP) is 0.387.